The molecule has 1 saturated heterocycles. The van der Waals surface area contributed by atoms with E-state index in [4.69, 9.17) is 32.7 Å². The van der Waals surface area contributed by atoms with Crippen LogP contribution in [0.3, 0.4) is 0 Å². The van der Waals surface area contributed by atoms with Gasteiger partial charge < -0.3 is 9.47 Å². The maximum absolute atomic E-state index is 12.9. The molecule has 0 radical (unpaired) electrons. The summed E-state index contributed by atoms with van der Waals surface area (Å²) >= 11 is 17.6. The molecule has 0 atom stereocenters. The predicted molar refractivity (Wildman–Crippen MR) is 138 cm³/mol. The lowest BCUT2D eigenvalue weighted by Gasteiger charge is -2.14. The van der Waals surface area contributed by atoms with Crippen LogP contribution >= 0.6 is 62.2 Å². The first-order chi connectivity index (χ1) is 16.3. The van der Waals surface area contributed by atoms with Gasteiger partial charge in [-0.2, -0.15) is 0 Å². The second kappa shape index (κ2) is 10.5. The summed E-state index contributed by atoms with van der Waals surface area (Å²) < 4.78 is 11.3. The molecule has 0 saturated carbocycles. The molecule has 1 fully saturated rings. The van der Waals surface area contributed by atoms with E-state index in [1.807, 2.05) is 0 Å². The Labute approximate surface area is 221 Å². The Balaban J connectivity index is 1.57. The smallest absolute Gasteiger partial charge is 0.353 e. The van der Waals surface area contributed by atoms with Crippen LogP contribution in [0.15, 0.2) is 57.2 Å². The Morgan fingerprint density at radius 3 is 2.65 bits per heavy atom. The van der Waals surface area contributed by atoms with Crippen LogP contribution in [0.2, 0.25) is 10.0 Å². The van der Waals surface area contributed by atoms with Crippen molar-refractivity contribution < 1.29 is 23.9 Å². The fourth-order valence-corrected chi connectivity index (χ4v) is 5.51. The summed E-state index contributed by atoms with van der Waals surface area (Å²) in [6.45, 7) is 0.0304. The van der Waals surface area contributed by atoms with Gasteiger partial charge in [0.15, 0.2) is 11.5 Å². The van der Waals surface area contributed by atoms with Crippen molar-refractivity contribution >= 4 is 85.4 Å². The van der Waals surface area contributed by atoms with E-state index in [0.717, 1.165) is 16.7 Å². The van der Waals surface area contributed by atoms with Crippen molar-refractivity contribution in [1.29, 1.82) is 0 Å². The Bertz CT molecular complexity index is 1330. The minimum atomic E-state index is -0.510. The van der Waals surface area contributed by atoms with Crippen molar-refractivity contribution in [1.82, 2.24) is 4.90 Å². The fraction of sp³-hybridized carbons (Fsp3) is 0.0870. The number of esters is 1. The van der Waals surface area contributed by atoms with E-state index in [0.29, 0.717) is 30.5 Å². The minimum Gasteiger partial charge on any atom is -0.493 e. The third-order valence-corrected chi connectivity index (χ3v) is 7.62. The summed E-state index contributed by atoms with van der Waals surface area (Å²) in [6.07, 6.45) is 1.58. The molecule has 0 spiro atoms. The number of carbonyl (C=O) groups excluding carboxylic acids is 3. The number of hydrogen-bond acceptors (Lipinski definition) is 7. The molecule has 1 aromatic heterocycles. The first kappa shape index (κ1) is 24.8. The Morgan fingerprint density at radius 2 is 1.97 bits per heavy atom. The molecule has 11 heteroatoms. The lowest BCUT2D eigenvalue weighted by atomic mass is 10.1. The van der Waals surface area contributed by atoms with Gasteiger partial charge in [0.25, 0.3) is 11.1 Å². The van der Waals surface area contributed by atoms with E-state index in [1.54, 1.807) is 53.9 Å². The van der Waals surface area contributed by atoms with Crippen LogP contribution in [0, 0.1) is 0 Å². The number of hydrogen-bond donors (Lipinski definition) is 0. The van der Waals surface area contributed by atoms with Crippen molar-refractivity contribution in [2.24, 2.45) is 0 Å². The number of methoxy groups -OCH3 is 1. The van der Waals surface area contributed by atoms with Crippen LogP contribution in [-0.2, 0) is 11.3 Å². The zero-order chi connectivity index (χ0) is 24.4. The number of carbonyl (C=O) groups is 3. The third kappa shape index (κ3) is 5.34. The maximum atomic E-state index is 12.9. The molecule has 0 aliphatic carbocycles. The number of nitrogens with zero attached hydrogens (tertiary/aromatic N) is 1. The number of amides is 2. The summed E-state index contributed by atoms with van der Waals surface area (Å²) in [5.41, 5.74) is 1.19. The Hall–Kier alpha value is -2.30. The second-order valence-corrected chi connectivity index (χ2v) is 10.5. The van der Waals surface area contributed by atoms with Gasteiger partial charge in [0.05, 0.1) is 23.0 Å². The highest BCUT2D eigenvalue weighted by atomic mass is 79.9. The standard InChI is InChI=1S/C23H14BrCl2NO5S2/c1-31-17-8-12(7-15(24)20(17)32-22(29)18-3-2-6-33-18)9-19-21(28)27(23(30)34-19)11-13-4-5-14(25)10-16(13)26/h2-10H,11H2,1H3/b19-9-. The first-order valence-electron chi connectivity index (χ1n) is 9.59. The van der Waals surface area contributed by atoms with Crippen LogP contribution in [-0.4, -0.2) is 29.1 Å². The van der Waals surface area contributed by atoms with E-state index in [9.17, 15) is 14.4 Å². The molecule has 1 aliphatic rings. The van der Waals surface area contributed by atoms with E-state index >= 15 is 0 Å². The monoisotopic (exact) mass is 597 g/mol. The van der Waals surface area contributed by atoms with Crippen LogP contribution in [0.5, 0.6) is 11.5 Å². The number of imide groups is 1. The van der Waals surface area contributed by atoms with Gasteiger partial charge in [0.1, 0.15) is 4.88 Å². The predicted octanol–water partition coefficient (Wildman–Crippen LogP) is 7.28. The number of rotatable bonds is 6. The van der Waals surface area contributed by atoms with Crippen LogP contribution in [0.1, 0.15) is 20.8 Å². The zero-order valence-corrected chi connectivity index (χ0v) is 22.1. The summed E-state index contributed by atoms with van der Waals surface area (Å²) in [5.74, 6) is -0.450. The van der Waals surface area contributed by atoms with Crippen LogP contribution in [0.25, 0.3) is 6.08 Å². The summed E-state index contributed by atoms with van der Waals surface area (Å²) in [4.78, 5) is 39.6. The van der Waals surface area contributed by atoms with E-state index in [1.165, 1.54) is 18.4 Å². The molecule has 0 unspecified atom stereocenters. The molecule has 6 nitrogen and oxygen atoms in total. The molecule has 0 N–H and O–H groups in total. The third-order valence-electron chi connectivity index (χ3n) is 4.68. The number of thioether (sulfide) groups is 1. The molecule has 0 bridgehead atoms. The highest BCUT2D eigenvalue weighted by molar-refractivity contribution is 9.10. The van der Waals surface area contributed by atoms with Crippen molar-refractivity contribution in [3.63, 3.8) is 0 Å². The lowest BCUT2D eigenvalue weighted by Crippen LogP contribution is -2.27. The summed E-state index contributed by atoms with van der Waals surface area (Å²) in [5, 5.41) is 2.21. The largest absolute Gasteiger partial charge is 0.493 e. The van der Waals surface area contributed by atoms with E-state index in [-0.39, 0.29) is 22.9 Å². The molecule has 2 amide bonds. The van der Waals surface area contributed by atoms with Gasteiger partial charge >= 0.3 is 5.97 Å². The number of thiophene rings is 1. The summed E-state index contributed by atoms with van der Waals surface area (Å²) in [6, 6.07) is 11.6. The van der Waals surface area contributed by atoms with E-state index < -0.39 is 17.1 Å². The van der Waals surface area contributed by atoms with Gasteiger partial charge in [0.2, 0.25) is 0 Å². The van der Waals surface area contributed by atoms with Gasteiger partial charge in [0, 0.05) is 10.0 Å². The van der Waals surface area contributed by atoms with Crippen LogP contribution < -0.4 is 9.47 Å². The molecular formula is C23H14BrCl2NO5S2. The number of benzene rings is 2. The Kier molecular flexibility index (Phi) is 7.69. The maximum Gasteiger partial charge on any atom is 0.353 e. The van der Waals surface area contributed by atoms with Crippen molar-refractivity contribution in [3.05, 3.63) is 83.3 Å². The average molecular weight is 599 g/mol. The quantitative estimate of drug-likeness (QED) is 0.169. The normalized spacial score (nSPS) is 14.7. The Morgan fingerprint density at radius 1 is 1.18 bits per heavy atom. The average Bonchev–Trinajstić information content (AvgIpc) is 3.42. The number of halogens is 3. The highest BCUT2D eigenvalue weighted by Gasteiger charge is 2.35. The molecule has 34 heavy (non-hydrogen) atoms. The van der Waals surface area contributed by atoms with Crippen molar-refractivity contribution in [2.75, 3.05) is 7.11 Å². The second-order valence-electron chi connectivity index (χ2n) is 6.90. The minimum absolute atomic E-state index is 0.0304. The van der Waals surface area contributed by atoms with Crippen molar-refractivity contribution in [2.45, 2.75) is 6.54 Å². The molecule has 2 heterocycles. The lowest BCUT2D eigenvalue weighted by molar-refractivity contribution is -0.123. The SMILES string of the molecule is COc1cc(/C=C2\SC(=O)N(Cc3ccc(Cl)cc3Cl)C2=O)cc(Br)c1OC(=O)c1cccs1. The summed E-state index contributed by atoms with van der Waals surface area (Å²) in [7, 11) is 1.44. The topological polar surface area (TPSA) is 72.9 Å². The van der Waals surface area contributed by atoms with Gasteiger partial charge in [-0.05, 0) is 80.6 Å². The number of ether oxygens (including phenoxy) is 2. The van der Waals surface area contributed by atoms with Gasteiger partial charge in [-0.1, -0.05) is 35.3 Å². The molecule has 4 rings (SSSR count). The fourth-order valence-electron chi connectivity index (χ4n) is 3.07. The van der Waals surface area contributed by atoms with Crippen molar-refractivity contribution in [3.8, 4) is 11.5 Å². The van der Waals surface area contributed by atoms with Gasteiger partial charge in [-0.3, -0.25) is 14.5 Å². The first-order valence-corrected chi connectivity index (χ1v) is 12.8. The zero-order valence-electron chi connectivity index (χ0n) is 17.3. The van der Waals surface area contributed by atoms with Gasteiger partial charge in [-0.25, -0.2) is 4.79 Å². The van der Waals surface area contributed by atoms with E-state index in [2.05, 4.69) is 15.9 Å². The molecule has 3 aromatic rings. The molecule has 174 valence electrons. The van der Waals surface area contributed by atoms with Gasteiger partial charge in [-0.15, -0.1) is 11.3 Å². The van der Waals surface area contributed by atoms with Crippen LogP contribution in [0.4, 0.5) is 4.79 Å². The molecule has 1 aliphatic heterocycles. The highest BCUT2D eigenvalue weighted by Crippen LogP contribution is 2.40. The molecular weight excluding hydrogens is 585 g/mol. The molecule has 2 aromatic carbocycles.